The molecule has 0 bridgehead atoms. The van der Waals surface area contributed by atoms with E-state index in [0.717, 1.165) is 0 Å². The Morgan fingerprint density at radius 2 is 1.50 bits per heavy atom. The smallest absolute Gasteiger partial charge is 0.228 e. The summed E-state index contributed by atoms with van der Waals surface area (Å²) in [4.78, 5) is 3.89. The highest BCUT2D eigenvalue weighted by Crippen LogP contribution is 2.28. The van der Waals surface area contributed by atoms with Crippen LogP contribution in [0.4, 0.5) is 0 Å². The van der Waals surface area contributed by atoms with Crippen LogP contribution in [0.15, 0.2) is 16.4 Å². The van der Waals surface area contributed by atoms with Crippen LogP contribution < -0.4 is 0 Å². The van der Waals surface area contributed by atoms with Crippen molar-refractivity contribution in [1.29, 1.82) is 31.6 Å². The van der Waals surface area contributed by atoms with E-state index in [-0.39, 0.29) is 0 Å². The molecule has 0 radical (unpaired) electrons. The predicted molar refractivity (Wildman–Crippen MR) is 52.7 cm³/mol. The zero-order valence-electron chi connectivity index (χ0n) is 8.58. The van der Waals surface area contributed by atoms with Crippen LogP contribution in [-0.2, 0) is 0 Å². The Bertz CT molecular complexity index is 699. The largest absolute Gasteiger partial charge is 0.280 e. The van der Waals surface area contributed by atoms with Gasteiger partial charge in [0.2, 0.25) is 0 Å². The van der Waals surface area contributed by atoms with Gasteiger partial charge in [0.25, 0.3) is 5.54 Å². The molecule has 1 aliphatic rings. The molecule has 1 heterocycles. The van der Waals surface area contributed by atoms with Crippen molar-refractivity contribution in [3.63, 3.8) is 0 Å². The number of rotatable bonds is 0. The molecule has 8 heteroatoms. The Kier molecular flexibility index (Phi) is 2.95. The molecule has 80 valence electrons. The summed E-state index contributed by atoms with van der Waals surface area (Å²) >= 11 is 0. The molecular weight excluding hydrogens is 232 g/mol. The van der Waals surface area contributed by atoms with Gasteiger partial charge in [-0.3, -0.25) is 0 Å². The molecule has 0 aromatic rings. The van der Waals surface area contributed by atoms with E-state index in [1.165, 1.54) is 36.5 Å². The summed E-state index contributed by atoms with van der Waals surface area (Å²) in [5.74, 6) is 0. The van der Waals surface area contributed by atoms with Crippen LogP contribution in [-0.4, -0.2) is 16.2 Å². The van der Waals surface area contributed by atoms with E-state index in [2.05, 4.69) is 4.99 Å². The predicted octanol–water partition coefficient (Wildman–Crippen LogP) is -0.208. The first-order chi connectivity index (χ1) is 8.64. The van der Waals surface area contributed by atoms with Crippen LogP contribution >= 0.6 is 0 Å². The first-order valence-electron chi connectivity index (χ1n) is 4.21. The molecule has 18 heavy (non-hydrogen) atoms. The summed E-state index contributed by atoms with van der Waals surface area (Å²) in [6, 6.07) is 7.47. The maximum absolute atomic E-state index is 9.00. The van der Waals surface area contributed by atoms with Gasteiger partial charge in [0.15, 0.2) is 23.3 Å². The highest BCUT2D eigenvalue weighted by molar-refractivity contribution is 6.11. The van der Waals surface area contributed by atoms with Crippen molar-refractivity contribution in [2.24, 2.45) is 4.99 Å². The second-order valence-corrected chi connectivity index (χ2v) is 2.86. The molecule has 1 rings (SSSR count). The van der Waals surface area contributed by atoms with E-state index in [1.54, 1.807) is 0 Å². The maximum Gasteiger partial charge on any atom is 0.280 e. The lowest BCUT2D eigenvalue weighted by molar-refractivity contribution is 0.424. The van der Waals surface area contributed by atoms with Crippen LogP contribution in [0.3, 0.4) is 0 Å². The summed E-state index contributed by atoms with van der Waals surface area (Å²) in [6.45, 7) is 0. The summed E-state index contributed by atoms with van der Waals surface area (Å²) < 4.78 is 0. The van der Waals surface area contributed by atoms with Crippen LogP contribution in [0.1, 0.15) is 0 Å². The average Bonchev–Trinajstić information content (AvgIpc) is 2.44. The van der Waals surface area contributed by atoms with Crippen molar-refractivity contribution in [2.45, 2.75) is 5.54 Å². The van der Waals surface area contributed by atoms with Crippen molar-refractivity contribution < 1.29 is 0 Å². The van der Waals surface area contributed by atoms with Crippen LogP contribution in [0.5, 0.6) is 0 Å². The lowest BCUT2D eigenvalue weighted by Gasteiger charge is -2.29. The number of aliphatic imine (C=N–C) groups is 1. The topological polar surface area (TPSA) is 158 Å². The normalized spacial score (nSPS) is 15.9. The van der Waals surface area contributed by atoms with Crippen molar-refractivity contribution in [3.8, 4) is 36.5 Å². The molecule has 0 amide bonds. The van der Waals surface area contributed by atoms with Crippen molar-refractivity contribution >= 4 is 5.71 Å². The van der Waals surface area contributed by atoms with Gasteiger partial charge in [0, 0.05) is 0 Å². The highest BCUT2D eigenvalue weighted by Gasteiger charge is 2.49. The standard InChI is InChI=1S/C10N8/c11-1-7-8(2-12)18(6-16)10(4-14,5-15)9(3-13)17-7. The van der Waals surface area contributed by atoms with Gasteiger partial charge in [0.05, 0.1) is 0 Å². The molecule has 0 aromatic carbocycles. The molecule has 0 unspecified atom stereocenters. The minimum absolute atomic E-state index is 0.414. The minimum Gasteiger partial charge on any atom is -0.228 e. The Hall–Kier alpha value is -3.85. The van der Waals surface area contributed by atoms with Gasteiger partial charge in [-0.1, -0.05) is 0 Å². The van der Waals surface area contributed by atoms with Crippen molar-refractivity contribution in [3.05, 3.63) is 11.4 Å². The lowest BCUT2D eigenvalue weighted by atomic mass is 9.92. The van der Waals surface area contributed by atoms with Gasteiger partial charge in [-0.05, 0) is 0 Å². The molecule has 1 aliphatic heterocycles. The van der Waals surface area contributed by atoms with Gasteiger partial charge in [-0.15, -0.1) is 0 Å². The van der Waals surface area contributed by atoms with E-state index in [0.29, 0.717) is 4.90 Å². The third-order valence-corrected chi connectivity index (χ3v) is 2.09. The average molecular weight is 232 g/mol. The minimum atomic E-state index is -2.31. The number of nitrogens with zero attached hydrogens (tertiary/aromatic N) is 8. The first kappa shape index (κ1) is 12.2. The molecule has 0 N–H and O–H groups in total. The molecule has 0 fully saturated rings. The van der Waals surface area contributed by atoms with E-state index < -0.39 is 22.6 Å². The van der Waals surface area contributed by atoms with Crippen molar-refractivity contribution in [1.82, 2.24) is 4.90 Å². The fourth-order valence-corrected chi connectivity index (χ4v) is 1.27. The monoisotopic (exact) mass is 232 g/mol. The fraction of sp³-hybridized carbons (Fsp3) is 0.100. The van der Waals surface area contributed by atoms with Crippen LogP contribution in [0.2, 0.25) is 0 Å². The third kappa shape index (κ3) is 1.30. The van der Waals surface area contributed by atoms with Crippen LogP contribution in [0.25, 0.3) is 0 Å². The second kappa shape index (κ2) is 4.34. The summed E-state index contributed by atoms with van der Waals surface area (Å²) in [6.07, 6.45) is 1.45. The quantitative estimate of drug-likeness (QED) is 0.522. The second-order valence-electron chi connectivity index (χ2n) is 2.86. The molecule has 0 aliphatic carbocycles. The first-order valence-corrected chi connectivity index (χ1v) is 4.21. The van der Waals surface area contributed by atoms with E-state index >= 15 is 0 Å². The summed E-state index contributed by atoms with van der Waals surface area (Å²) in [7, 11) is 0. The van der Waals surface area contributed by atoms with Gasteiger partial charge < -0.3 is 0 Å². The molecular formula is C10N8. The number of allylic oxidation sites excluding steroid dienone is 2. The van der Waals surface area contributed by atoms with Crippen LogP contribution in [0, 0.1) is 68.1 Å². The highest BCUT2D eigenvalue weighted by atomic mass is 15.2. The zero-order valence-corrected chi connectivity index (χ0v) is 8.58. The van der Waals surface area contributed by atoms with E-state index in [4.69, 9.17) is 31.6 Å². The number of hydrogen-bond donors (Lipinski definition) is 0. The molecule has 8 nitrogen and oxygen atoms in total. The zero-order chi connectivity index (χ0) is 13.8. The molecule has 0 spiro atoms. The number of nitriles is 6. The van der Waals surface area contributed by atoms with E-state index in [1.807, 2.05) is 0 Å². The number of hydrogen-bond acceptors (Lipinski definition) is 8. The summed E-state index contributed by atoms with van der Waals surface area (Å²) in [5.41, 5.74) is -3.96. The van der Waals surface area contributed by atoms with Gasteiger partial charge >= 0.3 is 0 Å². The Morgan fingerprint density at radius 1 is 0.889 bits per heavy atom. The van der Waals surface area contributed by atoms with Gasteiger partial charge in [-0.25, -0.2) is 9.89 Å². The molecule has 0 saturated carbocycles. The van der Waals surface area contributed by atoms with Gasteiger partial charge in [0.1, 0.15) is 30.3 Å². The lowest BCUT2D eigenvalue weighted by Crippen LogP contribution is -2.51. The Balaban J connectivity index is 3.80. The maximum atomic E-state index is 9.00. The van der Waals surface area contributed by atoms with Crippen molar-refractivity contribution in [2.75, 3.05) is 0 Å². The molecule has 0 saturated heterocycles. The Morgan fingerprint density at radius 3 is 1.83 bits per heavy atom. The fourth-order valence-electron chi connectivity index (χ4n) is 1.27. The summed E-state index contributed by atoms with van der Waals surface area (Å²) in [5, 5.41) is 53.4. The third-order valence-electron chi connectivity index (χ3n) is 2.09. The molecule has 0 aromatic heterocycles. The SMILES string of the molecule is N#CC1=NC(C#N)=C(C#N)N(C#N)C1(C#N)C#N. The Labute approximate surface area is 101 Å². The molecule has 0 atom stereocenters. The van der Waals surface area contributed by atoms with E-state index in [9.17, 15) is 0 Å². The van der Waals surface area contributed by atoms with Gasteiger partial charge in [-0.2, -0.15) is 31.6 Å².